The second-order valence-electron chi connectivity index (χ2n) is 4.17. The third-order valence-corrected chi connectivity index (χ3v) is 2.12. The minimum absolute atomic E-state index is 0. The molecule has 0 unspecified atom stereocenters. The van der Waals surface area contributed by atoms with Gasteiger partial charge in [-0.2, -0.15) is 10.5 Å². The van der Waals surface area contributed by atoms with Gasteiger partial charge in [-0.3, -0.25) is 34.5 Å². The molecular weight excluding hydrogens is 395 g/mol. The smallest absolute Gasteiger partial charge is 0.870 e. The van der Waals surface area contributed by atoms with E-state index in [-0.39, 0.29) is 76.8 Å². The Bertz CT molecular complexity index is 927. The minimum Gasteiger partial charge on any atom is -0.870 e. The normalized spacial score (nSPS) is 7.45. The van der Waals surface area contributed by atoms with E-state index in [1.54, 1.807) is 13.0 Å². The Morgan fingerprint density at radius 1 is 1.07 bits per heavy atom. The van der Waals surface area contributed by atoms with Crippen LogP contribution in [0.1, 0.15) is 13.3 Å². The Labute approximate surface area is 187 Å². The predicted octanol–water partition coefficient (Wildman–Crippen LogP) is -3.96. The molecule has 0 aliphatic carbocycles. The van der Waals surface area contributed by atoms with Gasteiger partial charge in [0.2, 0.25) is 0 Å². The minimum atomic E-state index is -0.340. The molecule has 2 heterocycles. The number of aliphatic hydroxyl groups is 1. The van der Waals surface area contributed by atoms with Crippen molar-refractivity contribution in [2.24, 2.45) is 0 Å². The third-order valence-electron chi connectivity index (χ3n) is 2.12. The average Bonchev–Trinajstić information content (AvgIpc) is 2.66. The maximum Gasteiger partial charge on any atom is 1.00 e. The molecular formula is C16H21N6NaO6. The van der Waals surface area contributed by atoms with Crippen LogP contribution in [0.5, 0.6) is 0 Å². The number of hydrogen-bond donors (Lipinski definition) is 4. The number of aryl methyl sites for hydroxylation is 1. The van der Waals surface area contributed by atoms with Crippen molar-refractivity contribution in [1.29, 1.82) is 10.5 Å². The van der Waals surface area contributed by atoms with E-state index in [0.717, 1.165) is 10.7 Å². The molecule has 0 aliphatic heterocycles. The summed E-state index contributed by atoms with van der Waals surface area (Å²) in [5.41, 5.74) is -1.24. The summed E-state index contributed by atoms with van der Waals surface area (Å²) in [4.78, 5) is 42.1. The van der Waals surface area contributed by atoms with Crippen LogP contribution in [0, 0.1) is 22.7 Å². The van der Waals surface area contributed by atoms with Crippen molar-refractivity contribution in [2.45, 2.75) is 19.9 Å². The summed E-state index contributed by atoms with van der Waals surface area (Å²) in [6.45, 7) is 5.28. The summed E-state index contributed by atoms with van der Waals surface area (Å²) in [6.07, 6.45) is 1.39. The first-order chi connectivity index (χ1) is 12.9. The molecule has 0 spiro atoms. The molecule has 0 saturated carbocycles. The first-order valence-electron chi connectivity index (χ1n) is 7.42. The summed E-state index contributed by atoms with van der Waals surface area (Å²) in [7, 11) is 0. The molecule has 2 aromatic heterocycles. The molecule has 13 heteroatoms. The van der Waals surface area contributed by atoms with E-state index >= 15 is 0 Å². The molecule has 152 valence electrons. The molecule has 2 aromatic rings. The first-order valence-corrected chi connectivity index (χ1v) is 7.42. The Kier molecular flexibility index (Phi) is 26.7. The van der Waals surface area contributed by atoms with E-state index in [0.29, 0.717) is 0 Å². The fraction of sp³-hybridized carbons (Fsp3) is 0.250. The molecule has 2 rings (SSSR count). The zero-order chi connectivity index (χ0) is 21.1. The van der Waals surface area contributed by atoms with E-state index in [4.69, 9.17) is 15.6 Å². The van der Waals surface area contributed by atoms with E-state index in [1.807, 2.05) is 6.07 Å². The summed E-state index contributed by atoms with van der Waals surface area (Å²) in [5.74, 6) is 0. The van der Waals surface area contributed by atoms with E-state index in [2.05, 4.69) is 21.9 Å². The van der Waals surface area contributed by atoms with Crippen LogP contribution in [0.2, 0.25) is 0 Å². The Morgan fingerprint density at radius 2 is 1.48 bits per heavy atom. The molecule has 0 fully saturated rings. The number of nitrogens with zero attached hydrogens (tertiary/aromatic N) is 3. The maximum absolute atomic E-state index is 11.0. The maximum atomic E-state index is 11.0. The van der Waals surface area contributed by atoms with Gasteiger partial charge in [0.1, 0.15) is 0 Å². The summed E-state index contributed by atoms with van der Waals surface area (Å²) in [6, 6.07) is 8.24. The number of rotatable bonds is 2. The van der Waals surface area contributed by atoms with Crippen molar-refractivity contribution < 1.29 is 40.1 Å². The number of aromatic amines is 3. The van der Waals surface area contributed by atoms with Crippen LogP contribution in [0.25, 0.3) is 0 Å². The Morgan fingerprint density at radius 3 is 1.83 bits per heavy atom. The van der Waals surface area contributed by atoms with Crippen LogP contribution in [-0.4, -0.2) is 37.2 Å². The zero-order valence-corrected chi connectivity index (χ0v) is 18.1. The van der Waals surface area contributed by atoms with Gasteiger partial charge in [0.15, 0.2) is 0 Å². The van der Waals surface area contributed by atoms with Gasteiger partial charge in [-0.15, -0.1) is 0 Å². The Balaban J connectivity index is -0.000000160. The van der Waals surface area contributed by atoms with Crippen LogP contribution in [0.15, 0.2) is 56.1 Å². The molecule has 29 heavy (non-hydrogen) atoms. The molecule has 0 radical (unpaired) electrons. The number of nitrogens with one attached hydrogen (secondary N) is 3. The third kappa shape index (κ3) is 21.2. The van der Waals surface area contributed by atoms with Crippen molar-refractivity contribution in [3.05, 3.63) is 78.3 Å². The van der Waals surface area contributed by atoms with Gasteiger partial charge >= 0.3 is 29.6 Å². The molecule has 5 N–H and O–H groups in total. The fourth-order valence-electron chi connectivity index (χ4n) is 1.15. The van der Waals surface area contributed by atoms with Crippen molar-refractivity contribution in [3.63, 3.8) is 0 Å². The quantitative estimate of drug-likeness (QED) is 0.279. The van der Waals surface area contributed by atoms with Crippen molar-refractivity contribution in [2.75, 3.05) is 6.61 Å². The second kappa shape index (κ2) is 23.0. The Hall–Kier alpha value is -3.00. The number of aliphatic hydroxyl groups excluding tert-OH is 1. The fourth-order valence-corrected chi connectivity index (χ4v) is 1.15. The molecule has 0 aromatic carbocycles. The van der Waals surface area contributed by atoms with Crippen molar-refractivity contribution >= 4 is 0 Å². The van der Waals surface area contributed by atoms with Crippen LogP contribution in [0.4, 0.5) is 0 Å². The average molecular weight is 416 g/mol. The van der Waals surface area contributed by atoms with Gasteiger partial charge in [0, 0.05) is 36.9 Å². The van der Waals surface area contributed by atoms with Gasteiger partial charge in [-0.1, -0.05) is 6.58 Å². The zero-order valence-electron chi connectivity index (χ0n) is 16.1. The number of allylic oxidation sites excluding steroid dienone is 1. The summed E-state index contributed by atoms with van der Waals surface area (Å²) in [5, 5.41) is 29.8. The van der Waals surface area contributed by atoms with Crippen molar-refractivity contribution in [1.82, 2.24) is 20.0 Å². The molecule has 0 amide bonds. The number of hydrogen-bond acceptors (Lipinski definition) is 8. The van der Waals surface area contributed by atoms with Gasteiger partial charge in [0.25, 0.3) is 22.2 Å². The predicted molar refractivity (Wildman–Crippen MR) is 99.7 cm³/mol. The van der Waals surface area contributed by atoms with E-state index in [9.17, 15) is 19.2 Å². The standard InChI is InChI=1S/C7H7N3O2.C4H4N2O2.C3H3N.C2H6O.Na.H2O/c8-4-1-5-10-7(12)3-2-6(11)9-10;7-3-1-2-4(8)6-5-3;1-2-3-4;1-2-3;;/h2-3H,1,5H2,(H,9,11);1-2H,(H,5,7)(H,6,8);2H,1H2;3H,2H2,1H3;;1H2/q;;;;+1;/p-1. The number of nitriles is 2. The number of H-pyrrole nitrogens is 3. The molecule has 0 bridgehead atoms. The topological polar surface area (TPSA) is 218 Å². The van der Waals surface area contributed by atoms with E-state index in [1.165, 1.54) is 24.3 Å². The van der Waals surface area contributed by atoms with Gasteiger partial charge in [-0.05, 0) is 6.92 Å². The van der Waals surface area contributed by atoms with Crippen LogP contribution < -0.4 is 51.8 Å². The largest absolute Gasteiger partial charge is 1.00 e. The van der Waals surface area contributed by atoms with Crippen molar-refractivity contribution in [3.8, 4) is 12.1 Å². The van der Waals surface area contributed by atoms with E-state index < -0.39 is 0 Å². The first kappa shape index (κ1) is 33.6. The molecule has 12 nitrogen and oxygen atoms in total. The molecule has 0 atom stereocenters. The van der Waals surface area contributed by atoms with Gasteiger partial charge < -0.3 is 10.6 Å². The van der Waals surface area contributed by atoms with Crippen LogP contribution >= 0.6 is 0 Å². The SMILES string of the molecule is C=CC#N.CCO.N#CCCn1[nH]c(=O)ccc1=O.O=c1ccc(=O)[nH][nH]1.[Na+].[OH-]. The summed E-state index contributed by atoms with van der Waals surface area (Å²) >= 11 is 0. The molecule has 0 saturated heterocycles. The number of aromatic nitrogens is 4. The van der Waals surface area contributed by atoms with Crippen LogP contribution in [0.3, 0.4) is 0 Å². The molecule has 0 aliphatic rings. The van der Waals surface area contributed by atoms with Gasteiger partial charge in [0.05, 0.1) is 25.1 Å². The second-order valence-corrected chi connectivity index (χ2v) is 4.17. The van der Waals surface area contributed by atoms with Gasteiger partial charge in [-0.25, -0.2) is 4.68 Å². The van der Waals surface area contributed by atoms with Crippen LogP contribution in [-0.2, 0) is 6.54 Å². The monoisotopic (exact) mass is 416 g/mol. The summed E-state index contributed by atoms with van der Waals surface area (Å²) < 4.78 is 1.12.